The number of aliphatic hydroxyl groups excluding tert-OH is 1. The zero-order valence-corrected chi connectivity index (χ0v) is 20.1. The van der Waals surface area contributed by atoms with E-state index in [1.54, 1.807) is 0 Å². The number of halogens is 3. The van der Waals surface area contributed by atoms with Gasteiger partial charge in [-0.25, -0.2) is 4.79 Å². The number of hydrogen-bond donors (Lipinski definition) is 1. The molecule has 10 rings (SSSR count). The molecule has 192 valence electrons. The molecule has 9 fully saturated rings. The highest BCUT2D eigenvalue weighted by Gasteiger charge is 2.90. The first-order chi connectivity index (χ1) is 17.0. The van der Waals surface area contributed by atoms with Crippen molar-refractivity contribution in [3.05, 3.63) is 42.0 Å². The maximum absolute atomic E-state index is 13.4. The lowest BCUT2D eigenvalue weighted by Gasteiger charge is -2.66. The summed E-state index contributed by atoms with van der Waals surface area (Å²) >= 11 is 0. The largest absolute Gasteiger partial charge is 0.573 e. The van der Waals surface area contributed by atoms with Gasteiger partial charge >= 0.3 is 12.3 Å². The van der Waals surface area contributed by atoms with Crippen molar-refractivity contribution >= 4 is 5.97 Å². The second kappa shape index (κ2) is 6.32. The summed E-state index contributed by atoms with van der Waals surface area (Å²) in [5.74, 6) is 0.0969. The molecule has 36 heavy (non-hydrogen) atoms. The number of aliphatic hydroxyl groups is 1. The lowest BCUT2D eigenvalue weighted by atomic mass is 9.39. The average Bonchev–Trinajstić information content (AvgIpc) is 3.23. The molecule has 8 heteroatoms. The standard InChI is InChI=1S/C28H30F3NO4/c1-13-16-10-17-22-26-9-3-8-25(2)12-32(22)18(20(25)26)11-27(17,23(13)33)21(26)19(16)35-24(34)14-4-6-15(7-5-14)36-28(29,30)31/h4-7,16-23,33H,1,3,8-12H2,2H3/t16-,17-,18+,19+,20-,21+,22?,23-,25+,26+,27-/m1/s1. The molecule has 9 aliphatic rings. The first-order valence-corrected chi connectivity index (χ1v) is 13.2. The molecule has 5 nitrogen and oxygen atoms in total. The van der Waals surface area contributed by atoms with Gasteiger partial charge in [0, 0.05) is 35.9 Å². The highest BCUT2D eigenvalue weighted by Crippen LogP contribution is 2.87. The Balaban J connectivity index is 1.17. The van der Waals surface area contributed by atoms with E-state index in [0.29, 0.717) is 23.9 Å². The number of nitrogens with zero attached hydrogens (tertiary/aromatic N) is 1. The molecule has 9 bridgehead atoms. The van der Waals surface area contributed by atoms with Crippen LogP contribution >= 0.6 is 0 Å². The minimum Gasteiger partial charge on any atom is -0.458 e. The molecule has 2 unspecified atom stereocenters. The molecule has 0 radical (unpaired) electrons. The number of carbonyl (C=O) groups is 1. The van der Waals surface area contributed by atoms with E-state index >= 15 is 0 Å². The number of carbonyl (C=O) groups excluding carboxylic acids is 1. The van der Waals surface area contributed by atoms with Gasteiger partial charge in [-0.1, -0.05) is 19.9 Å². The van der Waals surface area contributed by atoms with E-state index < -0.39 is 18.4 Å². The Morgan fingerprint density at radius 3 is 2.64 bits per heavy atom. The molecule has 12 atom stereocenters. The maximum Gasteiger partial charge on any atom is 0.573 e. The van der Waals surface area contributed by atoms with Crippen LogP contribution in [0.15, 0.2) is 36.4 Å². The number of benzene rings is 1. The minimum absolute atomic E-state index is 0.0601. The zero-order valence-electron chi connectivity index (χ0n) is 20.1. The number of alkyl halides is 3. The number of hydrogen-bond acceptors (Lipinski definition) is 5. The van der Waals surface area contributed by atoms with Crippen LogP contribution < -0.4 is 4.74 Å². The Hall–Kier alpha value is -2.06. The van der Waals surface area contributed by atoms with Crippen LogP contribution in [0.1, 0.15) is 49.4 Å². The van der Waals surface area contributed by atoms with Gasteiger partial charge in [0.25, 0.3) is 0 Å². The maximum atomic E-state index is 13.4. The van der Waals surface area contributed by atoms with Crippen LogP contribution in [0.4, 0.5) is 13.2 Å². The number of esters is 1. The van der Waals surface area contributed by atoms with Gasteiger partial charge in [-0.15, -0.1) is 13.2 Å². The van der Waals surface area contributed by atoms with Gasteiger partial charge in [-0.2, -0.15) is 0 Å². The summed E-state index contributed by atoms with van der Waals surface area (Å²) in [5.41, 5.74) is 1.06. The SMILES string of the molecule is C=C1[C@H]2C[C@@H]3C4N5C[C@]6(C)CCC[C@@]47[C@@H]6[C@@H]5C[C@]3([C@@H]1O)[C@H]7[C@H]2OC(=O)c1ccc(OC(F)(F)F)cc1. The third-order valence-corrected chi connectivity index (χ3v) is 11.9. The second-order valence-corrected chi connectivity index (χ2v) is 12.9. The number of piperidine rings is 2. The van der Waals surface area contributed by atoms with Crippen LogP contribution in [0.5, 0.6) is 5.75 Å². The first-order valence-electron chi connectivity index (χ1n) is 13.2. The Kier molecular flexibility index (Phi) is 3.85. The third kappa shape index (κ3) is 2.24. The number of ether oxygens (including phenoxy) is 2. The van der Waals surface area contributed by atoms with E-state index in [4.69, 9.17) is 4.74 Å². The summed E-state index contributed by atoms with van der Waals surface area (Å²) in [6.45, 7) is 7.89. The predicted molar refractivity (Wildman–Crippen MR) is 122 cm³/mol. The Labute approximate surface area is 207 Å². The summed E-state index contributed by atoms with van der Waals surface area (Å²) in [6.07, 6.45) is -0.330. The fourth-order valence-electron chi connectivity index (χ4n) is 11.6. The van der Waals surface area contributed by atoms with Crippen molar-refractivity contribution in [2.45, 2.75) is 69.7 Å². The van der Waals surface area contributed by atoms with Crippen LogP contribution in [0.3, 0.4) is 0 Å². The van der Waals surface area contributed by atoms with Crippen molar-refractivity contribution in [1.29, 1.82) is 0 Å². The monoisotopic (exact) mass is 501 g/mol. The quantitative estimate of drug-likeness (QED) is 0.486. The predicted octanol–water partition coefficient (Wildman–Crippen LogP) is 4.56. The molecule has 1 aromatic carbocycles. The van der Waals surface area contributed by atoms with E-state index in [-0.39, 0.29) is 45.5 Å². The summed E-state index contributed by atoms with van der Waals surface area (Å²) in [4.78, 5) is 16.2. The van der Waals surface area contributed by atoms with Crippen molar-refractivity contribution in [2.24, 2.45) is 39.9 Å². The minimum atomic E-state index is -4.79. The molecular weight excluding hydrogens is 471 g/mol. The molecule has 0 aromatic heterocycles. The number of fused-ring (bicyclic) bond motifs is 1. The van der Waals surface area contributed by atoms with Gasteiger partial charge in [0.15, 0.2) is 0 Å². The molecule has 6 saturated carbocycles. The van der Waals surface area contributed by atoms with Gasteiger partial charge in [-0.3, -0.25) is 4.90 Å². The second-order valence-electron chi connectivity index (χ2n) is 12.9. The van der Waals surface area contributed by atoms with Gasteiger partial charge in [-0.05, 0) is 78.2 Å². The summed E-state index contributed by atoms with van der Waals surface area (Å²) in [6, 6.07) is 5.89. The van der Waals surface area contributed by atoms with Crippen molar-refractivity contribution in [3.63, 3.8) is 0 Å². The zero-order chi connectivity index (χ0) is 25.0. The van der Waals surface area contributed by atoms with E-state index in [1.165, 1.54) is 25.0 Å². The molecule has 0 amide bonds. The number of rotatable bonds is 3. The molecule has 3 heterocycles. The van der Waals surface area contributed by atoms with E-state index in [2.05, 4.69) is 23.1 Å². The van der Waals surface area contributed by atoms with Gasteiger partial charge in [0.05, 0.1) is 11.7 Å². The smallest absolute Gasteiger partial charge is 0.458 e. The van der Waals surface area contributed by atoms with Gasteiger partial charge in [0.1, 0.15) is 11.9 Å². The first kappa shape index (κ1) is 22.0. The van der Waals surface area contributed by atoms with Crippen LogP contribution in [-0.2, 0) is 4.74 Å². The third-order valence-electron chi connectivity index (χ3n) is 11.9. The highest BCUT2D eigenvalue weighted by atomic mass is 19.4. The lowest BCUT2D eigenvalue weighted by Crippen LogP contribution is -2.69. The topological polar surface area (TPSA) is 59.0 Å². The summed E-state index contributed by atoms with van der Waals surface area (Å²) < 4.78 is 47.9. The highest BCUT2D eigenvalue weighted by molar-refractivity contribution is 5.89. The van der Waals surface area contributed by atoms with E-state index in [9.17, 15) is 23.1 Å². The average molecular weight is 502 g/mol. The van der Waals surface area contributed by atoms with Crippen molar-refractivity contribution in [1.82, 2.24) is 4.90 Å². The molecule has 3 saturated heterocycles. The summed E-state index contributed by atoms with van der Waals surface area (Å²) in [5, 5.41) is 11.7. The van der Waals surface area contributed by atoms with E-state index in [0.717, 1.165) is 43.5 Å². The Bertz CT molecular complexity index is 1200. The van der Waals surface area contributed by atoms with Crippen LogP contribution in [0.25, 0.3) is 0 Å². The molecule has 2 spiro atoms. The fraction of sp³-hybridized carbons (Fsp3) is 0.679. The molecule has 1 N–H and O–H groups in total. The van der Waals surface area contributed by atoms with Crippen molar-refractivity contribution < 1.29 is 32.5 Å². The van der Waals surface area contributed by atoms with E-state index in [1.807, 2.05) is 0 Å². The Morgan fingerprint density at radius 2 is 1.92 bits per heavy atom. The van der Waals surface area contributed by atoms with Crippen LogP contribution in [-0.4, -0.2) is 53.2 Å². The molecular formula is C28H30F3NO4. The van der Waals surface area contributed by atoms with Crippen molar-refractivity contribution in [3.8, 4) is 5.75 Å². The van der Waals surface area contributed by atoms with Gasteiger partial charge < -0.3 is 14.6 Å². The molecule has 6 aliphatic carbocycles. The molecule has 3 aliphatic heterocycles. The Morgan fingerprint density at radius 1 is 1.17 bits per heavy atom. The summed E-state index contributed by atoms with van der Waals surface area (Å²) in [7, 11) is 0. The normalized spacial score (nSPS) is 52.7. The van der Waals surface area contributed by atoms with Gasteiger partial charge in [0.2, 0.25) is 0 Å². The lowest BCUT2D eigenvalue weighted by molar-refractivity contribution is -0.274. The fourth-order valence-corrected chi connectivity index (χ4v) is 11.6. The molecule has 1 aromatic rings. The van der Waals surface area contributed by atoms with Crippen molar-refractivity contribution in [2.75, 3.05) is 6.54 Å². The van der Waals surface area contributed by atoms with Crippen LogP contribution in [0.2, 0.25) is 0 Å². The van der Waals surface area contributed by atoms with Crippen LogP contribution in [0, 0.1) is 39.9 Å².